The van der Waals surface area contributed by atoms with Gasteiger partial charge in [0.1, 0.15) is 18.1 Å². The van der Waals surface area contributed by atoms with Crippen molar-refractivity contribution in [1.29, 1.82) is 0 Å². The van der Waals surface area contributed by atoms with Crippen LogP contribution in [0.15, 0.2) is 41.3 Å². The second-order valence-electron chi connectivity index (χ2n) is 7.08. The zero-order valence-electron chi connectivity index (χ0n) is 16.5. The quantitative estimate of drug-likeness (QED) is 0.718. The van der Waals surface area contributed by atoms with E-state index in [-0.39, 0.29) is 47.2 Å². The van der Waals surface area contributed by atoms with E-state index in [1.54, 1.807) is 11.0 Å². The molecule has 1 fully saturated rings. The van der Waals surface area contributed by atoms with Gasteiger partial charge in [0, 0.05) is 32.7 Å². The zero-order chi connectivity index (χ0) is 22.0. The summed E-state index contributed by atoms with van der Waals surface area (Å²) >= 11 is 12.1. The van der Waals surface area contributed by atoms with E-state index in [2.05, 4.69) is 5.32 Å². The minimum absolute atomic E-state index is 0.0760. The van der Waals surface area contributed by atoms with Crippen LogP contribution in [-0.2, 0) is 16.6 Å². The highest BCUT2D eigenvalue weighted by Gasteiger charge is 2.33. The van der Waals surface area contributed by atoms with Crippen molar-refractivity contribution in [2.45, 2.75) is 11.4 Å². The molecule has 0 unspecified atom stereocenters. The average Bonchev–Trinajstić information content (AvgIpc) is 2.77. The summed E-state index contributed by atoms with van der Waals surface area (Å²) in [5, 5.41) is 3.01. The number of halogens is 2. The van der Waals surface area contributed by atoms with Crippen molar-refractivity contribution in [3.8, 4) is 11.5 Å². The Labute approximate surface area is 190 Å². The predicted molar refractivity (Wildman–Crippen MR) is 116 cm³/mol. The van der Waals surface area contributed by atoms with Gasteiger partial charge in [0.15, 0.2) is 11.5 Å². The molecule has 2 aromatic carbocycles. The van der Waals surface area contributed by atoms with E-state index in [1.807, 2.05) is 18.2 Å². The van der Waals surface area contributed by atoms with E-state index < -0.39 is 10.0 Å². The smallest absolute Gasteiger partial charge is 0.317 e. The van der Waals surface area contributed by atoms with E-state index in [9.17, 15) is 13.2 Å². The topological polar surface area (TPSA) is 88.2 Å². The SMILES string of the molecule is O=C(NCc1ccc2c(c1)OCCO2)N1CCN(S(=O)(=O)c2c(Cl)cccc2Cl)CC1. The molecule has 166 valence electrons. The number of nitrogens with zero attached hydrogens (tertiary/aromatic N) is 2. The second kappa shape index (κ2) is 9.12. The van der Waals surface area contributed by atoms with Crippen LogP contribution in [0.1, 0.15) is 5.56 Å². The van der Waals surface area contributed by atoms with Crippen molar-refractivity contribution in [2.24, 2.45) is 0 Å². The Morgan fingerprint density at radius 2 is 1.61 bits per heavy atom. The van der Waals surface area contributed by atoms with E-state index in [4.69, 9.17) is 32.7 Å². The monoisotopic (exact) mass is 485 g/mol. The molecule has 0 aliphatic carbocycles. The molecule has 4 rings (SSSR count). The Morgan fingerprint density at radius 3 is 2.29 bits per heavy atom. The van der Waals surface area contributed by atoms with Crippen molar-refractivity contribution in [3.05, 3.63) is 52.0 Å². The molecule has 8 nitrogen and oxygen atoms in total. The van der Waals surface area contributed by atoms with E-state index in [1.165, 1.54) is 16.4 Å². The first-order chi connectivity index (χ1) is 14.9. The summed E-state index contributed by atoms with van der Waals surface area (Å²) in [7, 11) is -3.85. The van der Waals surface area contributed by atoms with E-state index in [0.717, 1.165) is 5.56 Å². The number of rotatable bonds is 4. The number of hydrogen-bond acceptors (Lipinski definition) is 5. The van der Waals surface area contributed by atoms with Crippen molar-refractivity contribution in [1.82, 2.24) is 14.5 Å². The van der Waals surface area contributed by atoms with Gasteiger partial charge in [-0.15, -0.1) is 0 Å². The third-order valence-electron chi connectivity index (χ3n) is 5.09. The summed E-state index contributed by atoms with van der Waals surface area (Å²) in [6.07, 6.45) is 0. The maximum atomic E-state index is 12.9. The number of urea groups is 1. The van der Waals surface area contributed by atoms with Gasteiger partial charge in [-0.3, -0.25) is 0 Å². The third-order valence-corrected chi connectivity index (χ3v) is 7.95. The molecule has 2 heterocycles. The molecule has 0 saturated carbocycles. The van der Waals surface area contributed by atoms with Gasteiger partial charge in [0.25, 0.3) is 0 Å². The zero-order valence-corrected chi connectivity index (χ0v) is 18.8. The van der Waals surface area contributed by atoms with Crippen LogP contribution < -0.4 is 14.8 Å². The van der Waals surface area contributed by atoms with Crippen LogP contribution in [0, 0.1) is 0 Å². The standard InChI is InChI=1S/C20H21Cl2N3O5S/c21-15-2-1-3-16(22)19(15)31(27,28)25-8-6-24(7-9-25)20(26)23-13-14-4-5-17-18(12-14)30-11-10-29-17/h1-5,12H,6-11,13H2,(H,23,26). The highest BCUT2D eigenvalue weighted by atomic mass is 35.5. The summed E-state index contributed by atoms with van der Waals surface area (Å²) in [6.45, 7) is 2.16. The van der Waals surface area contributed by atoms with Gasteiger partial charge in [-0.25, -0.2) is 13.2 Å². The first-order valence-corrected chi connectivity index (χ1v) is 11.9. The van der Waals surface area contributed by atoms with Gasteiger partial charge in [-0.1, -0.05) is 35.3 Å². The number of amides is 2. The van der Waals surface area contributed by atoms with Crippen molar-refractivity contribution in [3.63, 3.8) is 0 Å². The Balaban J connectivity index is 1.34. The Kier molecular flexibility index (Phi) is 6.47. The molecule has 1 saturated heterocycles. The van der Waals surface area contributed by atoms with Gasteiger partial charge in [-0.05, 0) is 29.8 Å². The van der Waals surface area contributed by atoms with Crippen molar-refractivity contribution < 1.29 is 22.7 Å². The van der Waals surface area contributed by atoms with Crippen LogP contribution in [0.4, 0.5) is 4.79 Å². The van der Waals surface area contributed by atoms with Crippen LogP contribution in [-0.4, -0.2) is 63.0 Å². The normalized spacial score (nSPS) is 16.8. The fourth-order valence-electron chi connectivity index (χ4n) is 3.48. The highest BCUT2D eigenvalue weighted by molar-refractivity contribution is 7.89. The lowest BCUT2D eigenvalue weighted by Gasteiger charge is -2.34. The molecule has 2 amide bonds. The average molecular weight is 486 g/mol. The Hall–Kier alpha value is -2.20. The molecular weight excluding hydrogens is 465 g/mol. The molecule has 2 aliphatic heterocycles. The lowest BCUT2D eigenvalue weighted by molar-refractivity contribution is 0.170. The molecule has 11 heteroatoms. The number of carbonyl (C=O) groups excluding carboxylic acids is 1. The molecule has 1 N–H and O–H groups in total. The number of sulfonamides is 1. The van der Waals surface area contributed by atoms with Crippen molar-refractivity contribution in [2.75, 3.05) is 39.4 Å². The molecule has 2 aliphatic rings. The number of carbonyl (C=O) groups is 1. The summed E-state index contributed by atoms with van der Waals surface area (Å²) in [6, 6.07) is 9.83. The van der Waals surface area contributed by atoms with Crippen LogP contribution in [0.2, 0.25) is 10.0 Å². The molecular formula is C20H21Cl2N3O5S. The second-order valence-corrected chi connectivity index (χ2v) is 9.77. The number of benzene rings is 2. The first-order valence-electron chi connectivity index (χ1n) is 9.72. The maximum absolute atomic E-state index is 12.9. The molecule has 0 spiro atoms. The van der Waals surface area contributed by atoms with Crippen molar-refractivity contribution >= 4 is 39.3 Å². The Bertz CT molecular complexity index is 1070. The first kappa shape index (κ1) is 22.0. The minimum Gasteiger partial charge on any atom is -0.486 e. The van der Waals surface area contributed by atoms with Gasteiger partial charge >= 0.3 is 6.03 Å². The van der Waals surface area contributed by atoms with Crippen LogP contribution in [0.25, 0.3) is 0 Å². The Morgan fingerprint density at radius 1 is 0.968 bits per heavy atom. The maximum Gasteiger partial charge on any atom is 0.317 e. The molecule has 0 aromatic heterocycles. The molecule has 0 atom stereocenters. The summed E-state index contributed by atoms with van der Waals surface area (Å²) in [5.74, 6) is 1.35. The third kappa shape index (κ3) is 4.69. The fraction of sp³-hybridized carbons (Fsp3) is 0.350. The van der Waals surface area contributed by atoms with Crippen LogP contribution >= 0.6 is 23.2 Å². The summed E-state index contributed by atoms with van der Waals surface area (Å²) in [4.78, 5) is 14.0. The lowest BCUT2D eigenvalue weighted by Crippen LogP contribution is -2.53. The largest absolute Gasteiger partial charge is 0.486 e. The molecule has 0 bridgehead atoms. The highest BCUT2D eigenvalue weighted by Crippen LogP contribution is 2.32. The molecule has 2 aromatic rings. The van der Waals surface area contributed by atoms with Gasteiger partial charge in [-0.2, -0.15) is 4.31 Å². The number of fused-ring (bicyclic) bond motifs is 1. The van der Waals surface area contributed by atoms with Crippen LogP contribution in [0.5, 0.6) is 11.5 Å². The van der Waals surface area contributed by atoms with Gasteiger partial charge < -0.3 is 19.7 Å². The number of nitrogens with one attached hydrogen (secondary N) is 1. The molecule has 31 heavy (non-hydrogen) atoms. The van der Waals surface area contributed by atoms with Gasteiger partial charge in [0.2, 0.25) is 10.0 Å². The number of ether oxygens (including phenoxy) is 2. The van der Waals surface area contributed by atoms with Crippen LogP contribution in [0.3, 0.4) is 0 Å². The predicted octanol–water partition coefficient (Wildman–Crippen LogP) is 2.98. The van der Waals surface area contributed by atoms with E-state index >= 15 is 0 Å². The molecule has 0 radical (unpaired) electrons. The summed E-state index contributed by atoms with van der Waals surface area (Å²) in [5.41, 5.74) is 0.882. The number of hydrogen-bond donors (Lipinski definition) is 1. The fourth-order valence-corrected chi connectivity index (χ4v) is 5.99. The van der Waals surface area contributed by atoms with E-state index in [0.29, 0.717) is 31.3 Å². The summed E-state index contributed by atoms with van der Waals surface area (Å²) < 4.78 is 38.2. The lowest BCUT2D eigenvalue weighted by atomic mass is 10.2. The van der Waals surface area contributed by atoms with Gasteiger partial charge in [0.05, 0.1) is 10.0 Å². The minimum atomic E-state index is -3.85. The number of piperazine rings is 1.